The number of aromatic amines is 1. The maximum absolute atomic E-state index is 13.0. The van der Waals surface area contributed by atoms with Crippen LogP contribution >= 0.6 is 11.8 Å². The standard InChI is InChI=1S/C14H14FNOS/c1-9-6-13(10(2)16-9)14(17)8-18-12-5-3-4-11(15)7-12/h3-7,16H,8H2,1-2H3. The summed E-state index contributed by atoms with van der Waals surface area (Å²) in [7, 11) is 0. The number of H-pyrrole nitrogens is 1. The number of aromatic nitrogens is 1. The van der Waals surface area contributed by atoms with Gasteiger partial charge in [0, 0.05) is 21.8 Å². The van der Waals surface area contributed by atoms with Crippen molar-refractivity contribution in [2.24, 2.45) is 0 Å². The number of hydrogen-bond acceptors (Lipinski definition) is 2. The molecule has 4 heteroatoms. The van der Waals surface area contributed by atoms with Crippen molar-refractivity contribution in [2.75, 3.05) is 5.75 Å². The van der Waals surface area contributed by atoms with Gasteiger partial charge in [-0.15, -0.1) is 11.8 Å². The molecule has 0 unspecified atom stereocenters. The van der Waals surface area contributed by atoms with E-state index < -0.39 is 0 Å². The third kappa shape index (κ3) is 3.01. The summed E-state index contributed by atoms with van der Waals surface area (Å²) < 4.78 is 13.0. The average molecular weight is 263 g/mol. The molecule has 0 atom stereocenters. The zero-order chi connectivity index (χ0) is 13.1. The van der Waals surface area contributed by atoms with E-state index in [1.54, 1.807) is 12.1 Å². The Hall–Kier alpha value is -1.55. The van der Waals surface area contributed by atoms with Crippen molar-refractivity contribution < 1.29 is 9.18 Å². The minimum Gasteiger partial charge on any atom is -0.362 e. The number of Topliss-reactive ketones (excluding diaryl/α,β-unsaturated/α-hetero) is 1. The second-order valence-corrected chi connectivity index (χ2v) is 5.21. The molecular formula is C14H14FNOS. The first-order valence-corrected chi connectivity index (χ1v) is 6.62. The van der Waals surface area contributed by atoms with Crippen molar-refractivity contribution in [3.63, 3.8) is 0 Å². The summed E-state index contributed by atoms with van der Waals surface area (Å²) in [5.74, 6) is 0.105. The van der Waals surface area contributed by atoms with E-state index in [0.717, 1.165) is 21.8 Å². The number of carbonyl (C=O) groups excluding carboxylic acids is 1. The Morgan fingerprint density at radius 1 is 1.33 bits per heavy atom. The Morgan fingerprint density at radius 3 is 2.72 bits per heavy atom. The molecule has 2 rings (SSSR count). The fourth-order valence-electron chi connectivity index (χ4n) is 1.80. The van der Waals surface area contributed by atoms with Crippen LogP contribution in [-0.4, -0.2) is 16.5 Å². The first kappa shape index (κ1) is 12.9. The second-order valence-electron chi connectivity index (χ2n) is 4.16. The van der Waals surface area contributed by atoms with Crippen LogP contribution in [-0.2, 0) is 0 Å². The van der Waals surface area contributed by atoms with E-state index in [2.05, 4.69) is 4.98 Å². The van der Waals surface area contributed by atoms with Gasteiger partial charge in [0.25, 0.3) is 0 Å². The molecule has 0 aliphatic heterocycles. The lowest BCUT2D eigenvalue weighted by molar-refractivity contribution is 0.102. The van der Waals surface area contributed by atoms with Gasteiger partial charge in [0.15, 0.2) is 5.78 Å². The summed E-state index contributed by atoms with van der Waals surface area (Å²) in [6.07, 6.45) is 0. The van der Waals surface area contributed by atoms with Gasteiger partial charge in [0.2, 0.25) is 0 Å². The van der Waals surface area contributed by atoms with E-state index >= 15 is 0 Å². The highest BCUT2D eigenvalue weighted by atomic mass is 32.2. The maximum Gasteiger partial charge on any atom is 0.174 e. The highest BCUT2D eigenvalue weighted by Gasteiger charge is 2.11. The molecule has 1 heterocycles. The largest absolute Gasteiger partial charge is 0.362 e. The van der Waals surface area contributed by atoms with Gasteiger partial charge >= 0.3 is 0 Å². The SMILES string of the molecule is Cc1cc(C(=O)CSc2cccc(F)c2)c(C)[nH]1. The molecular weight excluding hydrogens is 249 g/mol. The van der Waals surface area contributed by atoms with E-state index in [1.165, 1.54) is 23.9 Å². The minimum absolute atomic E-state index is 0.0612. The molecule has 18 heavy (non-hydrogen) atoms. The van der Waals surface area contributed by atoms with Crippen LogP contribution in [0.2, 0.25) is 0 Å². The molecule has 0 saturated heterocycles. The molecule has 1 N–H and O–H groups in total. The van der Waals surface area contributed by atoms with Gasteiger partial charge in [-0.1, -0.05) is 6.07 Å². The van der Waals surface area contributed by atoms with Gasteiger partial charge in [-0.2, -0.15) is 0 Å². The van der Waals surface area contributed by atoms with Crippen molar-refractivity contribution in [1.29, 1.82) is 0 Å². The van der Waals surface area contributed by atoms with Crippen LogP contribution in [0.5, 0.6) is 0 Å². The lowest BCUT2D eigenvalue weighted by Crippen LogP contribution is -2.02. The van der Waals surface area contributed by atoms with Crippen LogP contribution in [0.3, 0.4) is 0 Å². The molecule has 0 spiro atoms. The predicted octanol–water partition coefficient (Wildman–Crippen LogP) is 3.75. The van der Waals surface area contributed by atoms with Crippen LogP contribution < -0.4 is 0 Å². The lowest BCUT2D eigenvalue weighted by atomic mass is 10.2. The Morgan fingerprint density at radius 2 is 2.11 bits per heavy atom. The molecule has 1 aromatic carbocycles. The van der Waals surface area contributed by atoms with Crippen molar-refractivity contribution in [3.05, 3.63) is 53.1 Å². The van der Waals surface area contributed by atoms with Gasteiger partial charge in [-0.25, -0.2) is 4.39 Å². The summed E-state index contributed by atoms with van der Waals surface area (Å²) in [5.41, 5.74) is 2.58. The highest BCUT2D eigenvalue weighted by Crippen LogP contribution is 2.21. The Balaban J connectivity index is 2.03. The first-order chi connectivity index (χ1) is 8.56. The number of benzene rings is 1. The number of thioether (sulfide) groups is 1. The van der Waals surface area contributed by atoms with Crippen molar-refractivity contribution >= 4 is 17.5 Å². The summed E-state index contributed by atoms with van der Waals surface area (Å²) in [5, 5.41) is 0. The minimum atomic E-state index is -0.277. The molecule has 2 aromatic rings. The third-order valence-corrected chi connectivity index (χ3v) is 3.61. The molecule has 0 fully saturated rings. The van der Waals surface area contributed by atoms with Crippen LogP contribution in [0.25, 0.3) is 0 Å². The zero-order valence-electron chi connectivity index (χ0n) is 10.3. The topological polar surface area (TPSA) is 32.9 Å². The molecule has 0 saturated carbocycles. The molecule has 1 aromatic heterocycles. The number of hydrogen-bond donors (Lipinski definition) is 1. The van der Waals surface area contributed by atoms with E-state index in [1.807, 2.05) is 19.9 Å². The quantitative estimate of drug-likeness (QED) is 0.673. The maximum atomic E-state index is 13.0. The van der Waals surface area contributed by atoms with Crippen LogP contribution in [0.4, 0.5) is 4.39 Å². The normalized spacial score (nSPS) is 10.6. The van der Waals surface area contributed by atoms with Gasteiger partial charge < -0.3 is 4.98 Å². The molecule has 94 valence electrons. The average Bonchev–Trinajstić information content (AvgIpc) is 2.66. The van der Waals surface area contributed by atoms with Crippen LogP contribution in [0.1, 0.15) is 21.7 Å². The van der Waals surface area contributed by atoms with E-state index in [-0.39, 0.29) is 11.6 Å². The molecule has 0 aliphatic carbocycles. The summed E-state index contributed by atoms with van der Waals surface area (Å²) in [6.45, 7) is 3.80. The second kappa shape index (κ2) is 5.40. The number of ketones is 1. The van der Waals surface area contributed by atoms with Crippen molar-refractivity contribution in [2.45, 2.75) is 18.7 Å². The summed E-state index contributed by atoms with van der Waals surface area (Å²) >= 11 is 1.35. The van der Waals surface area contributed by atoms with E-state index in [9.17, 15) is 9.18 Å². The Kier molecular flexibility index (Phi) is 3.87. The third-order valence-electron chi connectivity index (χ3n) is 2.62. The van der Waals surface area contributed by atoms with Crippen molar-refractivity contribution in [3.8, 4) is 0 Å². The molecule has 0 aliphatic rings. The number of rotatable bonds is 4. The van der Waals surface area contributed by atoms with Crippen LogP contribution in [0, 0.1) is 19.7 Å². The predicted molar refractivity (Wildman–Crippen MR) is 71.7 cm³/mol. The zero-order valence-corrected chi connectivity index (χ0v) is 11.1. The lowest BCUT2D eigenvalue weighted by Gasteiger charge is -2.01. The fourth-order valence-corrected chi connectivity index (χ4v) is 2.62. The van der Waals surface area contributed by atoms with Gasteiger partial charge in [0.1, 0.15) is 5.82 Å². The van der Waals surface area contributed by atoms with Crippen molar-refractivity contribution in [1.82, 2.24) is 4.98 Å². The molecule has 0 bridgehead atoms. The smallest absolute Gasteiger partial charge is 0.174 e. The van der Waals surface area contributed by atoms with Crippen LogP contribution in [0.15, 0.2) is 35.2 Å². The molecule has 0 amide bonds. The molecule has 2 nitrogen and oxygen atoms in total. The van der Waals surface area contributed by atoms with Gasteiger partial charge in [-0.05, 0) is 38.1 Å². The van der Waals surface area contributed by atoms with E-state index in [0.29, 0.717) is 5.75 Å². The number of halogens is 1. The fraction of sp³-hybridized carbons (Fsp3) is 0.214. The summed E-state index contributed by atoms with van der Waals surface area (Å²) in [4.78, 5) is 15.9. The summed E-state index contributed by atoms with van der Waals surface area (Å²) in [6, 6.07) is 8.13. The Labute approximate surface area is 110 Å². The number of nitrogens with one attached hydrogen (secondary N) is 1. The monoisotopic (exact) mass is 263 g/mol. The Bertz CT molecular complexity index is 577. The highest BCUT2D eigenvalue weighted by molar-refractivity contribution is 8.00. The molecule has 0 radical (unpaired) electrons. The number of carbonyl (C=O) groups is 1. The first-order valence-electron chi connectivity index (χ1n) is 5.64. The van der Waals surface area contributed by atoms with Gasteiger partial charge in [-0.3, -0.25) is 4.79 Å². The van der Waals surface area contributed by atoms with E-state index in [4.69, 9.17) is 0 Å². The number of aryl methyl sites for hydroxylation is 2. The van der Waals surface area contributed by atoms with Gasteiger partial charge in [0.05, 0.1) is 5.75 Å².